The average Bonchev–Trinajstić information content (AvgIpc) is 3.14. The summed E-state index contributed by atoms with van der Waals surface area (Å²) in [5, 5.41) is 20.2. The van der Waals surface area contributed by atoms with Crippen LogP contribution in [-0.4, -0.2) is 45.9 Å². The summed E-state index contributed by atoms with van der Waals surface area (Å²) in [7, 11) is 0. The molecule has 2 bridgehead atoms. The smallest absolute Gasteiger partial charge is 0.388 e. The van der Waals surface area contributed by atoms with E-state index in [4.69, 9.17) is 11.3 Å². The molecule has 4 rings (SSSR count). The Morgan fingerprint density at radius 3 is 2.52 bits per heavy atom. The molecule has 0 radical (unpaired) electrons. The monoisotopic (exact) mass is 382 g/mol. The van der Waals surface area contributed by atoms with Crippen LogP contribution in [0, 0.1) is 18.4 Å². The van der Waals surface area contributed by atoms with Gasteiger partial charge in [-0.05, 0) is 19.1 Å². The van der Waals surface area contributed by atoms with E-state index in [2.05, 4.69) is 4.85 Å². The number of halogens is 3. The number of fused-ring (bicyclic) bond motifs is 5. The Morgan fingerprint density at radius 2 is 1.93 bits per heavy atom. The minimum atomic E-state index is -4.84. The van der Waals surface area contributed by atoms with Crippen molar-refractivity contribution in [3.05, 3.63) is 35.2 Å². The molecule has 10 heteroatoms. The summed E-state index contributed by atoms with van der Waals surface area (Å²) in [6.45, 7) is 8.26. The zero-order valence-electron chi connectivity index (χ0n) is 13.8. The molecular formula is C17H13F3N2O5. The van der Waals surface area contributed by atoms with Crippen LogP contribution in [0.5, 0.6) is 0 Å². The third-order valence-electron chi connectivity index (χ3n) is 5.62. The topological polar surface area (TPSA) is 91.4 Å². The summed E-state index contributed by atoms with van der Waals surface area (Å²) in [5.41, 5.74) is -3.71. The SMILES string of the molecule is [C-]#[N+]c1ccc(N2C(=O)[C@@H]3C4OC(C)([C@@H]3C2=O)[C@@H](O)[C@H]4O)cc1C(F)(F)F. The summed E-state index contributed by atoms with van der Waals surface area (Å²) in [5.74, 6) is -3.79. The number of carbonyl (C=O) groups is 2. The van der Waals surface area contributed by atoms with Crippen LogP contribution in [0.2, 0.25) is 0 Å². The number of carbonyl (C=O) groups excluding carboxylic acids is 2. The lowest BCUT2D eigenvalue weighted by molar-refractivity contribution is -0.137. The first kappa shape index (κ1) is 17.9. The van der Waals surface area contributed by atoms with Crippen molar-refractivity contribution in [1.82, 2.24) is 0 Å². The molecule has 3 heterocycles. The van der Waals surface area contributed by atoms with E-state index in [-0.39, 0.29) is 5.69 Å². The first-order valence-electron chi connectivity index (χ1n) is 8.03. The van der Waals surface area contributed by atoms with E-state index in [1.807, 2.05) is 0 Å². The lowest BCUT2D eigenvalue weighted by atomic mass is 9.71. The largest absolute Gasteiger partial charge is 0.407 e. The Labute approximate surface area is 150 Å². The average molecular weight is 382 g/mol. The molecule has 1 aromatic rings. The van der Waals surface area contributed by atoms with Crippen LogP contribution in [0.4, 0.5) is 24.5 Å². The molecule has 0 saturated carbocycles. The van der Waals surface area contributed by atoms with Gasteiger partial charge in [-0.25, -0.2) is 9.74 Å². The van der Waals surface area contributed by atoms with Gasteiger partial charge in [-0.1, -0.05) is 6.07 Å². The fraction of sp³-hybridized carbons (Fsp3) is 0.471. The number of hydrogen-bond acceptors (Lipinski definition) is 5. The maximum absolute atomic E-state index is 13.2. The minimum absolute atomic E-state index is 0.314. The molecule has 3 fully saturated rings. The molecule has 27 heavy (non-hydrogen) atoms. The number of alkyl halides is 3. The maximum atomic E-state index is 13.2. The lowest BCUT2D eigenvalue weighted by Gasteiger charge is -2.33. The van der Waals surface area contributed by atoms with Gasteiger partial charge in [0.2, 0.25) is 11.8 Å². The predicted octanol–water partition coefficient (Wildman–Crippen LogP) is 1.25. The van der Waals surface area contributed by atoms with Gasteiger partial charge in [0.15, 0.2) is 5.69 Å². The molecular weight excluding hydrogens is 369 g/mol. The molecule has 1 aromatic carbocycles. The highest BCUT2D eigenvalue weighted by Crippen LogP contribution is 2.56. The first-order chi connectivity index (χ1) is 12.5. The number of ether oxygens (including phenoxy) is 1. The van der Waals surface area contributed by atoms with Crippen LogP contribution in [0.1, 0.15) is 12.5 Å². The summed E-state index contributed by atoms with van der Waals surface area (Å²) < 4.78 is 45.1. The third kappa shape index (κ3) is 2.13. The summed E-state index contributed by atoms with van der Waals surface area (Å²) in [6.07, 6.45) is -8.71. The first-order valence-corrected chi connectivity index (χ1v) is 8.03. The van der Waals surface area contributed by atoms with Crippen molar-refractivity contribution in [2.45, 2.75) is 37.0 Å². The highest BCUT2D eigenvalue weighted by molar-refractivity contribution is 6.23. The Morgan fingerprint density at radius 1 is 1.26 bits per heavy atom. The second kappa shape index (κ2) is 5.28. The fourth-order valence-electron chi connectivity index (χ4n) is 4.36. The van der Waals surface area contributed by atoms with Crippen molar-refractivity contribution in [2.75, 3.05) is 4.90 Å². The molecule has 0 spiro atoms. The number of rotatable bonds is 1. The van der Waals surface area contributed by atoms with E-state index in [1.54, 1.807) is 0 Å². The molecule has 2 N–H and O–H groups in total. The normalized spacial score (nSPS) is 37.7. The van der Waals surface area contributed by atoms with Crippen LogP contribution in [0.3, 0.4) is 0 Å². The predicted molar refractivity (Wildman–Crippen MR) is 82.5 cm³/mol. The van der Waals surface area contributed by atoms with Gasteiger partial charge in [0, 0.05) is 5.69 Å². The Hall–Kier alpha value is -2.48. The van der Waals surface area contributed by atoms with Crippen molar-refractivity contribution >= 4 is 23.2 Å². The van der Waals surface area contributed by atoms with Crippen LogP contribution in [0.25, 0.3) is 4.85 Å². The maximum Gasteiger partial charge on any atom is 0.407 e. The van der Waals surface area contributed by atoms with E-state index < -0.39 is 65.0 Å². The van der Waals surface area contributed by atoms with Crippen molar-refractivity contribution in [2.24, 2.45) is 11.8 Å². The molecule has 3 aliphatic rings. The van der Waals surface area contributed by atoms with E-state index >= 15 is 0 Å². The number of amides is 2. The van der Waals surface area contributed by atoms with Gasteiger partial charge in [0.1, 0.15) is 17.8 Å². The number of nitrogens with zero attached hydrogens (tertiary/aromatic N) is 2. The van der Waals surface area contributed by atoms with E-state index in [0.29, 0.717) is 11.0 Å². The van der Waals surface area contributed by atoms with E-state index in [0.717, 1.165) is 12.1 Å². The number of anilines is 1. The van der Waals surface area contributed by atoms with Gasteiger partial charge >= 0.3 is 6.18 Å². The molecule has 0 aromatic heterocycles. The molecule has 0 aliphatic carbocycles. The van der Waals surface area contributed by atoms with Gasteiger partial charge in [-0.2, -0.15) is 13.2 Å². The second-order valence-electron chi connectivity index (χ2n) is 7.03. The third-order valence-corrected chi connectivity index (χ3v) is 5.62. The quantitative estimate of drug-likeness (QED) is 0.564. The molecule has 142 valence electrons. The zero-order valence-corrected chi connectivity index (χ0v) is 13.8. The highest BCUT2D eigenvalue weighted by Gasteiger charge is 2.74. The number of imide groups is 1. The molecule has 2 amide bonds. The summed E-state index contributed by atoms with van der Waals surface area (Å²) >= 11 is 0. The number of aliphatic hydroxyl groups excluding tert-OH is 2. The van der Waals surface area contributed by atoms with Gasteiger partial charge in [0.05, 0.1) is 30.1 Å². The van der Waals surface area contributed by atoms with Crippen molar-refractivity contribution in [3.8, 4) is 0 Å². The van der Waals surface area contributed by atoms with Gasteiger partial charge in [-0.3, -0.25) is 9.59 Å². The fourth-order valence-corrected chi connectivity index (χ4v) is 4.36. The zero-order chi connectivity index (χ0) is 19.9. The molecule has 3 saturated heterocycles. The molecule has 6 atom stereocenters. The molecule has 3 aliphatic heterocycles. The standard InChI is InChI=1S/C17H13F3N2O5/c1-16-10-9(12(27-16)11(23)13(16)24)14(25)22(15(10)26)6-3-4-8(21-2)7(5-6)17(18,19)20/h3-5,9-13,23-24H,1H3/t9-,10-,11-,12?,13-,16?/m0/s1. The van der Waals surface area contributed by atoms with Crippen LogP contribution in [0.15, 0.2) is 18.2 Å². The highest BCUT2D eigenvalue weighted by atomic mass is 19.4. The Kier molecular flexibility index (Phi) is 3.50. The van der Waals surface area contributed by atoms with Crippen LogP contribution >= 0.6 is 0 Å². The van der Waals surface area contributed by atoms with Crippen LogP contribution < -0.4 is 4.90 Å². The lowest BCUT2D eigenvalue weighted by Crippen LogP contribution is -2.53. The number of hydrogen-bond donors (Lipinski definition) is 2. The van der Waals surface area contributed by atoms with Crippen LogP contribution in [-0.2, 0) is 20.5 Å². The minimum Gasteiger partial charge on any atom is -0.388 e. The second-order valence-corrected chi connectivity index (χ2v) is 7.03. The van der Waals surface area contributed by atoms with Crippen molar-refractivity contribution in [1.29, 1.82) is 0 Å². The van der Waals surface area contributed by atoms with Crippen molar-refractivity contribution in [3.63, 3.8) is 0 Å². The number of benzene rings is 1. The molecule has 2 unspecified atom stereocenters. The van der Waals surface area contributed by atoms with Crippen molar-refractivity contribution < 1.29 is 37.7 Å². The van der Waals surface area contributed by atoms with Gasteiger partial charge in [0.25, 0.3) is 0 Å². The van der Waals surface area contributed by atoms with Gasteiger partial charge in [-0.15, -0.1) is 0 Å². The summed E-state index contributed by atoms with van der Waals surface area (Å²) in [6, 6.07) is 2.58. The Bertz CT molecular complexity index is 911. The molecule has 7 nitrogen and oxygen atoms in total. The number of aliphatic hydroxyl groups is 2. The van der Waals surface area contributed by atoms with E-state index in [1.165, 1.54) is 6.92 Å². The summed E-state index contributed by atoms with van der Waals surface area (Å²) in [4.78, 5) is 29.1. The van der Waals surface area contributed by atoms with Gasteiger partial charge < -0.3 is 14.9 Å². The van der Waals surface area contributed by atoms with E-state index in [9.17, 15) is 33.0 Å². The Balaban J connectivity index is 1.79.